The molecule has 1 unspecified atom stereocenters. The topological polar surface area (TPSA) is 118 Å². The summed E-state index contributed by atoms with van der Waals surface area (Å²) in [7, 11) is 3.19. The number of benzene rings is 3. The number of hydrogen-bond acceptors (Lipinski definition) is 7. The number of thioether (sulfide) groups is 1. The van der Waals surface area contributed by atoms with E-state index in [0.717, 1.165) is 11.3 Å². The normalized spacial score (nSPS) is 16.3. The number of aromatic carboxylic acids is 1. The van der Waals surface area contributed by atoms with Gasteiger partial charge < -0.3 is 19.9 Å². The van der Waals surface area contributed by atoms with Crippen LogP contribution in [-0.2, 0) is 16.0 Å². The number of aliphatic imine (C=N–C) groups is 1. The van der Waals surface area contributed by atoms with E-state index in [1.807, 2.05) is 24.3 Å². The zero-order valence-electron chi connectivity index (χ0n) is 20.9. The molecule has 196 valence electrons. The molecule has 2 N–H and O–H groups in total. The van der Waals surface area contributed by atoms with Gasteiger partial charge in [-0.1, -0.05) is 23.9 Å². The first-order valence-corrected chi connectivity index (χ1v) is 12.7. The Hall–Kier alpha value is -4.31. The van der Waals surface area contributed by atoms with Crippen molar-refractivity contribution < 1.29 is 29.0 Å². The number of carboxylic acid groups (broad SMARTS) is 1. The molecule has 0 spiro atoms. The van der Waals surface area contributed by atoms with Crippen LogP contribution >= 0.6 is 11.8 Å². The highest BCUT2D eigenvalue weighted by molar-refractivity contribution is 8.15. The van der Waals surface area contributed by atoms with E-state index in [2.05, 4.69) is 5.32 Å². The van der Waals surface area contributed by atoms with Crippen molar-refractivity contribution in [1.29, 1.82) is 0 Å². The van der Waals surface area contributed by atoms with Crippen molar-refractivity contribution in [3.63, 3.8) is 0 Å². The van der Waals surface area contributed by atoms with Crippen LogP contribution in [0.1, 0.15) is 22.3 Å². The number of nitrogens with one attached hydrogen (secondary N) is 1. The molecule has 0 saturated carbocycles. The number of anilines is 1. The van der Waals surface area contributed by atoms with E-state index in [1.54, 1.807) is 43.4 Å². The zero-order valence-corrected chi connectivity index (χ0v) is 21.7. The summed E-state index contributed by atoms with van der Waals surface area (Å²) in [4.78, 5) is 43.7. The molecule has 0 bridgehead atoms. The first-order valence-electron chi connectivity index (χ1n) is 11.8. The summed E-state index contributed by atoms with van der Waals surface area (Å²) in [5.74, 6) is -0.171. The standard InChI is InChI=1S/C28H27N3O6S/c1-36-22-11-3-18(4-12-22)15-16-31-25(32)17-24(26(33)29-20-7-5-19(6-8-20)27(34)35)38-28(31)30-21-9-13-23(37-2)14-10-21/h3-14,24H,15-17H2,1-2H3,(H,29,33)(H,34,35). The predicted octanol–water partition coefficient (Wildman–Crippen LogP) is 4.61. The Kier molecular flexibility index (Phi) is 8.65. The SMILES string of the molecule is COc1ccc(CCN2C(=O)CC(C(=O)Nc3ccc(C(=O)O)cc3)SC2=Nc2ccc(OC)cc2)cc1. The molecule has 0 radical (unpaired) electrons. The molecule has 3 aromatic carbocycles. The second kappa shape index (κ2) is 12.3. The van der Waals surface area contributed by atoms with E-state index < -0.39 is 11.2 Å². The molecule has 10 heteroatoms. The number of amidine groups is 1. The summed E-state index contributed by atoms with van der Waals surface area (Å²) in [6.45, 7) is 0.401. The van der Waals surface area contributed by atoms with Gasteiger partial charge in [0.15, 0.2) is 5.17 Å². The largest absolute Gasteiger partial charge is 0.497 e. The quantitative estimate of drug-likeness (QED) is 0.413. The Bertz CT molecular complexity index is 1320. The number of methoxy groups -OCH3 is 2. The number of carbonyl (C=O) groups excluding carboxylic acids is 2. The van der Waals surface area contributed by atoms with Crippen LogP contribution in [0.3, 0.4) is 0 Å². The fraction of sp³-hybridized carbons (Fsp3) is 0.214. The lowest BCUT2D eigenvalue weighted by atomic mass is 10.1. The first-order chi connectivity index (χ1) is 18.4. The third kappa shape index (κ3) is 6.71. The maximum atomic E-state index is 13.3. The van der Waals surface area contributed by atoms with Crippen molar-refractivity contribution in [3.05, 3.63) is 83.9 Å². The van der Waals surface area contributed by atoms with Gasteiger partial charge in [-0.15, -0.1) is 0 Å². The molecule has 2 amide bonds. The van der Waals surface area contributed by atoms with Crippen molar-refractivity contribution in [2.45, 2.75) is 18.1 Å². The molecule has 0 aromatic heterocycles. The van der Waals surface area contributed by atoms with Crippen LogP contribution in [-0.4, -0.2) is 59.0 Å². The third-order valence-electron chi connectivity index (χ3n) is 5.91. The van der Waals surface area contributed by atoms with Gasteiger partial charge in [-0.2, -0.15) is 0 Å². The van der Waals surface area contributed by atoms with E-state index in [4.69, 9.17) is 19.6 Å². The number of carbonyl (C=O) groups is 3. The van der Waals surface area contributed by atoms with E-state index in [9.17, 15) is 14.4 Å². The van der Waals surface area contributed by atoms with Gasteiger partial charge in [0.25, 0.3) is 0 Å². The molecule has 1 heterocycles. The Morgan fingerprint density at radius 3 is 2.16 bits per heavy atom. The highest BCUT2D eigenvalue weighted by Gasteiger charge is 2.35. The molecule has 4 rings (SSSR count). The van der Waals surface area contributed by atoms with Crippen LogP contribution in [0.15, 0.2) is 77.8 Å². The van der Waals surface area contributed by atoms with Gasteiger partial charge in [0.05, 0.1) is 25.5 Å². The van der Waals surface area contributed by atoms with Gasteiger partial charge in [0.2, 0.25) is 11.8 Å². The minimum atomic E-state index is -1.05. The summed E-state index contributed by atoms with van der Waals surface area (Å²) in [6, 6.07) is 20.6. The Labute approximate surface area is 224 Å². The van der Waals surface area contributed by atoms with Gasteiger partial charge in [-0.25, -0.2) is 9.79 Å². The molecule has 1 atom stereocenters. The van der Waals surface area contributed by atoms with Gasteiger partial charge >= 0.3 is 5.97 Å². The minimum absolute atomic E-state index is 0.00789. The monoisotopic (exact) mass is 533 g/mol. The number of nitrogens with zero attached hydrogens (tertiary/aromatic N) is 2. The maximum Gasteiger partial charge on any atom is 0.335 e. The van der Waals surface area contributed by atoms with Crippen LogP contribution in [0.5, 0.6) is 11.5 Å². The van der Waals surface area contributed by atoms with Crippen molar-refractivity contribution in [2.24, 2.45) is 4.99 Å². The van der Waals surface area contributed by atoms with Gasteiger partial charge in [0, 0.05) is 18.7 Å². The smallest absolute Gasteiger partial charge is 0.335 e. The summed E-state index contributed by atoms with van der Waals surface area (Å²) >= 11 is 1.22. The third-order valence-corrected chi connectivity index (χ3v) is 7.10. The van der Waals surface area contributed by atoms with E-state index in [0.29, 0.717) is 35.3 Å². The summed E-state index contributed by atoms with van der Waals surface area (Å²) in [5, 5.41) is 11.6. The Morgan fingerprint density at radius 2 is 1.58 bits per heavy atom. The van der Waals surface area contributed by atoms with Crippen molar-refractivity contribution in [2.75, 3.05) is 26.1 Å². The van der Waals surface area contributed by atoms with Crippen molar-refractivity contribution in [3.8, 4) is 11.5 Å². The first kappa shape index (κ1) is 26.7. The Morgan fingerprint density at radius 1 is 0.974 bits per heavy atom. The van der Waals surface area contributed by atoms with Gasteiger partial charge in [0.1, 0.15) is 16.7 Å². The Balaban J connectivity index is 1.53. The number of hydrogen-bond donors (Lipinski definition) is 2. The van der Waals surface area contributed by atoms with Crippen molar-refractivity contribution in [1.82, 2.24) is 4.90 Å². The fourth-order valence-corrected chi connectivity index (χ4v) is 4.91. The number of rotatable bonds is 9. The molecule has 3 aromatic rings. The second-order valence-corrected chi connectivity index (χ2v) is 9.59. The molecular weight excluding hydrogens is 506 g/mol. The van der Waals surface area contributed by atoms with Crippen LogP contribution in [0.25, 0.3) is 0 Å². The van der Waals surface area contributed by atoms with Crippen LogP contribution in [0.4, 0.5) is 11.4 Å². The molecule has 1 aliphatic heterocycles. The van der Waals surface area contributed by atoms with E-state index in [-0.39, 0.29) is 23.8 Å². The maximum absolute atomic E-state index is 13.3. The summed E-state index contributed by atoms with van der Waals surface area (Å²) in [6.07, 6.45) is 0.610. The average molecular weight is 534 g/mol. The van der Waals surface area contributed by atoms with E-state index in [1.165, 1.54) is 36.0 Å². The summed E-state index contributed by atoms with van der Waals surface area (Å²) < 4.78 is 10.4. The zero-order chi connectivity index (χ0) is 27.1. The van der Waals surface area contributed by atoms with Gasteiger partial charge in [-0.05, 0) is 72.6 Å². The lowest BCUT2D eigenvalue weighted by Gasteiger charge is -2.32. The minimum Gasteiger partial charge on any atom is -0.497 e. The highest BCUT2D eigenvalue weighted by atomic mass is 32.2. The highest BCUT2D eigenvalue weighted by Crippen LogP contribution is 2.31. The average Bonchev–Trinajstić information content (AvgIpc) is 2.93. The van der Waals surface area contributed by atoms with Crippen molar-refractivity contribution >= 4 is 46.1 Å². The number of carboxylic acids is 1. The molecule has 1 saturated heterocycles. The van der Waals surface area contributed by atoms with Gasteiger partial charge in [-0.3, -0.25) is 14.5 Å². The van der Waals surface area contributed by atoms with Crippen LogP contribution in [0.2, 0.25) is 0 Å². The fourth-order valence-electron chi connectivity index (χ4n) is 3.78. The molecule has 1 fully saturated rings. The molecular formula is C28H27N3O6S. The van der Waals surface area contributed by atoms with E-state index >= 15 is 0 Å². The van der Waals surface area contributed by atoms with Crippen LogP contribution < -0.4 is 14.8 Å². The van der Waals surface area contributed by atoms with Crippen LogP contribution in [0, 0.1) is 0 Å². The number of ether oxygens (including phenoxy) is 2. The summed E-state index contributed by atoms with van der Waals surface area (Å²) in [5.41, 5.74) is 2.23. The molecule has 9 nitrogen and oxygen atoms in total. The lowest BCUT2D eigenvalue weighted by Crippen LogP contribution is -2.46. The predicted molar refractivity (Wildman–Crippen MR) is 147 cm³/mol. The molecule has 0 aliphatic carbocycles. The second-order valence-electron chi connectivity index (χ2n) is 8.42. The molecule has 1 aliphatic rings. The number of amides is 2. The lowest BCUT2D eigenvalue weighted by molar-refractivity contribution is -0.129. The molecule has 38 heavy (non-hydrogen) atoms.